The molecular weight excluding hydrogens is 517 g/mol. The number of amides is 1. The van der Waals surface area contributed by atoms with Crippen molar-refractivity contribution >= 4 is 28.7 Å². The summed E-state index contributed by atoms with van der Waals surface area (Å²) in [7, 11) is -5.21. The topological polar surface area (TPSA) is 94.2 Å². The molecule has 1 amide bonds. The summed E-state index contributed by atoms with van der Waals surface area (Å²) in [5.74, 6) is -0.550. The summed E-state index contributed by atoms with van der Waals surface area (Å²) >= 11 is 0. The van der Waals surface area contributed by atoms with Crippen LogP contribution in [0, 0.1) is 5.82 Å². The number of hydrogen-bond donors (Lipinski definition) is 1. The number of ether oxygens (including phenoxy) is 1. The van der Waals surface area contributed by atoms with E-state index in [-0.39, 0.29) is 30.3 Å². The number of sulfonamides is 1. The molecule has 0 spiro atoms. The predicted octanol–water partition coefficient (Wildman–Crippen LogP) is 3.81. The Labute approximate surface area is 225 Å². The quantitative estimate of drug-likeness (QED) is 0.536. The molecule has 4 rings (SSSR count). The van der Waals surface area contributed by atoms with Crippen LogP contribution in [0.1, 0.15) is 79.7 Å². The van der Waals surface area contributed by atoms with Crippen LogP contribution in [-0.4, -0.2) is 67.0 Å². The number of nitrogens with one attached hydrogen (secondary N) is 1. The first-order chi connectivity index (χ1) is 17.4. The third-order valence-corrected chi connectivity index (χ3v) is 9.87. The van der Waals surface area contributed by atoms with E-state index < -0.39 is 62.9 Å². The first-order valence-electron chi connectivity index (χ1n) is 13.2. The number of likely N-dealkylation sites (tertiary alicyclic amines) is 1. The minimum absolute atomic E-state index is 0.00903. The Kier molecular flexibility index (Phi) is 7.47. The van der Waals surface area contributed by atoms with Gasteiger partial charge in [0.2, 0.25) is 15.0 Å². The molecule has 1 saturated carbocycles. The van der Waals surface area contributed by atoms with Gasteiger partial charge < -0.3 is 18.9 Å². The van der Waals surface area contributed by atoms with Crippen LogP contribution in [0.5, 0.6) is 0 Å². The standard InChI is InChI=1S/C26H39BF2N2O6S/c1-23(2,3)35-22(32)31-15-9-12-19(30-38(33,34)26(29)13-14-26)20(31)16-17-10-8-11-18(21(17)28)27-36-24(4,5)25(6,7)37-27/h8,10-11,19-20,30H,9,12-16H2,1-7H3/t19-,20-/m0/s1. The second-order valence-corrected chi connectivity index (χ2v) is 14.6. The molecule has 2 heterocycles. The summed E-state index contributed by atoms with van der Waals surface area (Å²) in [5, 5.41) is -2.30. The zero-order valence-electron chi connectivity index (χ0n) is 23.3. The summed E-state index contributed by atoms with van der Waals surface area (Å²) in [6.07, 6.45) is 0.0808. The lowest BCUT2D eigenvalue weighted by Crippen LogP contribution is -2.59. The van der Waals surface area contributed by atoms with Crippen LogP contribution in [-0.2, 0) is 30.5 Å². The van der Waals surface area contributed by atoms with Crippen LogP contribution in [0.25, 0.3) is 0 Å². The van der Waals surface area contributed by atoms with Crippen LogP contribution in [0.15, 0.2) is 18.2 Å². The Bertz CT molecular complexity index is 1170. The lowest BCUT2D eigenvalue weighted by molar-refractivity contribution is 0.00575. The third-order valence-electron chi connectivity index (χ3n) is 7.88. The van der Waals surface area contributed by atoms with E-state index in [0.29, 0.717) is 19.4 Å². The number of nitrogens with zero attached hydrogens (tertiary/aromatic N) is 1. The second-order valence-electron chi connectivity index (χ2n) is 12.6. The van der Waals surface area contributed by atoms with Crippen molar-refractivity contribution in [2.75, 3.05) is 6.54 Å². The molecule has 12 heteroatoms. The highest BCUT2D eigenvalue weighted by Crippen LogP contribution is 2.45. The number of carbonyl (C=O) groups excluding carboxylic acids is 1. The molecule has 38 heavy (non-hydrogen) atoms. The Morgan fingerprint density at radius 2 is 1.79 bits per heavy atom. The lowest BCUT2D eigenvalue weighted by atomic mass is 9.77. The largest absolute Gasteiger partial charge is 0.497 e. The molecule has 0 unspecified atom stereocenters. The van der Waals surface area contributed by atoms with Crippen LogP contribution >= 0.6 is 0 Å². The number of alkyl halides is 1. The fraction of sp³-hybridized carbons (Fsp3) is 0.731. The van der Waals surface area contributed by atoms with Crippen LogP contribution < -0.4 is 10.2 Å². The van der Waals surface area contributed by atoms with Gasteiger partial charge in [0.15, 0.2) is 0 Å². The van der Waals surface area contributed by atoms with Gasteiger partial charge in [0, 0.05) is 30.9 Å². The molecular formula is C26H39BF2N2O6S. The highest BCUT2D eigenvalue weighted by Gasteiger charge is 2.57. The van der Waals surface area contributed by atoms with Gasteiger partial charge in [-0.25, -0.2) is 26.7 Å². The molecule has 3 aliphatic rings. The fourth-order valence-corrected chi connectivity index (χ4v) is 6.32. The number of rotatable bonds is 6. The van der Waals surface area contributed by atoms with E-state index in [1.807, 2.05) is 27.7 Å². The number of piperidine rings is 1. The van der Waals surface area contributed by atoms with Crippen LogP contribution in [0.3, 0.4) is 0 Å². The maximum atomic E-state index is 16.0. The molecule has 2 aliphatic heterocycles. The normalized spacial score (nSPS) is 26.3. The van der Waals surface area contributed by atoms with Crippen molar-refractivity contribution in [2.45, 2.75) is 114 Å². The zero-order chi connectivity index (χ0) is 28.3. The molecule has 3 fully saturated rings. The minimum atomic E-state index is -4.28. The van der Waals surface area contributed by atoms with Crippen molar-refractivity contribution in [3.05, 3.63) is 29.6 Å². The summed E-state index contributed by atoms with van der Waals surface area (Å²) in [4.78, 5) is 14.6. The van der Waals surface area contributed by atoms with E-state index in [1.165, 1.54) is 4.90 Å². The van der Waals surface area contributed by atoms with Gasteiger partial charge in [0.25, 0.3) is 0 Å². The third kappa shape index (κ3) is 5.73. The van der Waals surface area contributed by atoms with Crippen molar-refractivity contribution in [2.24, 2.45) is 0 Å². The zero-order valence-corrected chi connectivity index (χ0v) is 24.1. The smallest absolute Gasteiger partial charge is 0.444 e. The van der Waals surface area contributed by atoms with Gasteiger partial charge in [-0.1, -0.05) is 18.2 Å². The van der Waals surface area contributed by atoms with Crippen molar-refractivity contribution in [1.82, 2.24) is 9.62 Å². The second kappa shape index (κ2) is 9.71. The summed E-state index contributed by atoms with van der Waals surface area (Å²) in [5.41, 5.74) is -1.62. The first-order valence-corrected chi connectivity index (χ1v) is 14.7. The van der Waals surface area contributed by atoms with E-state index in [9.17, 15) is 17.6 Å². The molecule has 0 radical (unpaired) electrons. The Hall–Kier alpha value is -1.76. The average molecular weight is 556 g/mol. The summed E-state index contributed by atoms with van der Waals surface area (Å²) < 4.78 is 76.3. The lowest BCUT2D eigenvalue weighted by Gasteiger charge is -2.42. The minimum Gasteiger partial charge on any atom is -0.444 e. The van der Waals surface area contributed by atoms with E-state index in [0.717, 1.165) is 0 Å². The molecule has 1 aromatic rings. The molecule has 212 valence electrons. The highest BCUT2D eigenvalue weighted by atomic mass is 32.2. The molecule has 8 nitrogen and oxygen atoms in total. The van der Waals surface area contributed by atoms with Gasteiger partial charge in [0.1, 0.15) is 11.4 Å². The first kappa shape index (κ1) is 29.2. The van der Waals surface area contributed by atoms with Gasteiger partial charge in [-0.2, -0.15) is 0 Å². The van der Waals surface area contributed by atoms with Crippen molar-refractivity contribution in [3.8, 4) is 0 Å². The van der Waals surface area contributed by atoms with Crippen molar-refractivity contribution in [3.63, 3.8) is 0 Å². The molecule has 1 aromatic carbocycles. The average Bonchev–Trinajstić information content (AvgIpc) is 3.48. The van der Waals surface area contributed by atoms with Crippen molar-refractivity contribution in [1.29, 1.82) is 0 Å². The molecule has 0 aromatic heterocycles. The van der Waals surface area contributed by atoms with Crippen molar-refractivity contribution < 1.29 is 36.0 Å². The Balaban J connectivity index is 1.65. The Morgan fingerprint density at radius 3 is 2.34 bits per heavy atom. The van der Waals surface area contributed by atoms with Gasteiger partial charge in [0.05, 0.1) is 17.2 Å². The number of benzene rings is 1. The molecule has 1 N–H and O–H groups in total. The van der Waals surface area contributed by atoms with Crippen LogP contribution in [0.4, 0.5) is 13.6 Å². The summed E-state index contributed by atoms with van der Waals surface area (Å²) in [6, 6.07) is 3.26. The molecule has 2 atom stereocenters. The predicted molar refractivity (Wildman–Crippen MR) is 141 cm³/mol. The number of halogens is 2. The highest BCUT2D eigenvalue weighted by molar-refractivity contribution is 7.91. The van der Waals surface area contributed by atoms with E-state index in [4.69, 9.17) is 14.0 Å². The van der Waals surface area contributed by atoms with E-state index >= 15 is 4.39 Å². The fourth-order valence-electron chi connectivity index (χ4n) is 4.80. The number of hydrogen-bond acceptors (Lipinski definition) is 6. The van der Waals surface area contributed by atoms with E-state index in [2.05, 4.69) is 4.72 Å². The number of carbonyl (C=O) groups is 1. The molecule has 2 saturated heterocycles. The Morgan fingerprint density at radius 1 is 1.18 bits per heavy atom. The van der Waals surface area contributed by atoms with E-state index in [1.54, 1.807) is 39.0 Å². The van der Waals surface area contributed by atoms with Gasteiger partial charge in [-0.05, 0) is 73.3 Å². The van der Waals surface area contributed by atoms with Gasteiger partial charge in [-0.3, -0.25) is 0 Å². The van der Waals surface area contributed by atoms with Gasteiger partial charge >= 0.3 is 13.2 Å². The summed E-state index contributed by atoms with van der Waals surface area (Å²) in [6.45, 7) is 13.0. The maximum Gasteiger partial charge on any atom is 0.497 e. The monoisotopic (exact) mass is 556 g/mol. The van der Waals surface area contributed by atoms with Crippen LogP contribution in [0.2, 0.25) is 0 Å². The maximum absolute atomic E-state index is 16.0. The molecule has 1 aliphatic carbocycles. The SMILES string of the molecule is CC(C)(C)OC(=O)N1CCC[C@H](NS(=O)(=O)C2(F)CC2)[C@@H]1Cc1cccc(B2OC(C)(C)C(C)(C)O2)c1F. The van der Waals surface area contributed by atoms with Gasteiger partial charge in [-0.15, -0.1) is 0 Å². The molecule has 0 bridgehead atoms.